The molecule has 0 aromatic carbocycles. The Morgan fingerprint density at radius 3 is 2.29 bits per heavy atom. The van der Waals surface area contributed by atoms with Crippen LogP contribution in [-0.2, 0) is 0 Å². The van der Waals surface area contributed by atoms with Gasteiger partial charge in [-0.1, -0.05) is 6.92 Å². The lowest BCUT2D eigenvalue weighted by atomic mass is 9.99. The first kappa shape index (κ1) is 12.7. The summed E-state index contributed by atoms with van der Waals surface area (Å²) in [6.07, 6.45) is 2.89. The molecule has 2 fully saturated rings. The van der Waals surface area contributed by atoms with Crippen LogP contribution >= 0.6 is 0 Å². The average Bonchev–Trinajstić information content (AvgIpc) is 2.78. The number of rotatable bonds is 1. The molecule has 0 radical (unpaired) electrons. The van der Waals surface area contributed by atoms with E-state index in [1.165, 1.54) is 0 Å². The highest BCUT2D eigenvalue weighted by molar-refractivity contribution is 5.74. The molecule has 0 spiro atoms. The highest BCUT2D eigenvalue weighted by Crippen LogP contribution is 2.23. The van der Waals surface area contributed by atoms with Gasteiger partial charge in [-0.05, 0) is 32.1 Å². The van der Waals surface area contributed by atoms with E-state index in [0.717, 1.165) is 51.4 Å². The monoisotopic (exact) mass is 240 g/mol. The van der Waals surface area contributed by atoms with E-state index in [2.05, 4.69) is 6.92 Å². The highest BCUT2D eigenvalue weighted by Gasteiger charge is 2.32. The number of carbonyl (C=O) groups excluding carboxylic acids is 1. The van der Waals surface area contributed by atoms with Crippen LogP contribution in [0.4, 0.5) is 4.79 Å². The van der Waals surface area contributed by atoms with E-state index in [-0.39, 0.29) is 18.1 Å². The zero-order valence-corrected chi connectivity index (χ0v) is 10.9. The van der Waals surface area contributed by atoms with E-state index in [1.807, 2.05) is 16.7 Å². The van der Waals surface area contributed by atoms with Gasteiger partial charge >= 0.3 is 6.03 Å². The van der Waals surface area contributed by atoms with Crippen molar-refractivity contribution in [1.29, 1.82) is 0 Å². The van der Waals surface area contributed by atoms with Crippen molar-refractivity contribution in [3.63, 3.8) is 0 Å². The Morgan fingerprint density at radius 1 is 1.18 bits per heavy atom. The molecule has 2 rings (SSSR count). The molecule has 0 saturated carbocycles. The number of likely N-dealkylation sites (tertiary alicyclic amines) is 2. The van der Waals surface area contributed by atoms with Gasteiger partial charge in [0.05, 0.1) is 6.10 Å². The minimum absolute atomic E-state index is 0.181. The van der Waals surface area contributed by atoms with Gasteiger partial charge in [0, 0.05) is 32.1 Å². The van der Waals surface area contributed by atoms with E-state index in [1.54, 1.807) is 0 Å². The number of aliphatic hydroxyl groups is 1. The normalized spacial score (nSPS) is 28.5. The smallest absolute Gasteiger partial charge is 0.320 e. The number of piperidine rings is 1. The van der Waals surface area contributed by atoms with Gasteiger partial charge in [0.1, 0.15) is 0 Å². The maximum Gasteiger partial charge on any atom is 0.320 e. The number of carbonyl (C=O) groups is 1. The predicted octanol–water partition coefficient (Wildman–Crippen LogP) is 1.54. The Hall–Kier alpha value is -0.770. The first-order valence-electron chi connectivity index (χ1n) is 6.80. The molecule has 2 unspecified atom stereocenters. The first-order valence-corrected chi connectivity index (χ1v) is 6.80. The largest absolute Gasteiger partial charge is 0.393 e. The third kappa shape index (κ3) is 2.92. The summed E-state index contributed by atoms with van der Waals surface area (Å²) in [5.74, 6) is 1.02. The van der Waals surface area contributed by atoms with Crippen molar-refractivity contribution in [3.8, 4) is 0 Å². The van der Waals surface area contributed by atoms with Gasteiger partial charge in [-0.15, -0.1) is 0 Å². The van der Waals surface area contributed by atoms with Crippen LogP contribution in [0.25, 0.3) is 0 Å². The second-order valence-corrected chi connectivity index (χ2v) is 5.69. The number of nitrogens with zero attached hydrogens (tertiary/aromatic N) is 2. The fourth-order valence-electron chi connectivity index (χ4n) is 2.75. The maximum atomic E-state index is 12.2. The van der Waals surface area contributed by atoms with Gasteiger partial charge in [0.2, 0.25) is 0 Å². The second kappa shape index (κ2) is 5.25. The van der Waals surface area contributed by atoms with E-state index in [9.17, 15) is 9.90 Å². The molecule has 2 aliphatic heterocycles. The SMILES string of the molecule is CC1CCN(C(=O)N2CCC(C(C)O)C2)CC1. The van der Waals surface area contributed by atoms with Gasteiger partial charge in [-0.25, -0.2) is 4.79 Å². The van der Waals surface area contributed by atoms with Crippen LogP contribution in [0.2, 0.25) is 0 Å². The molecule has 4 heteroatoms. The Balaban J connectivity index is 1.84. The fraction of sp³-hybridized carbons (Fsp3) is 0.923. The molecule has 0 aromatic rings. The summed E-state index contributed by atoms with van der Waals surface area (Å²) in [5, 5.41) is 9.55. The van der Waals surface area contributed by atoms with Crippen molar-refractivity contribution < 1.29 is 9.90 Å². The van der Waals surface area contributed by atoms with Crippen molar-refractivity contribution in [1.82, 2.24) is 9.80 Å². The van der Waals surface area contributed by atoms with Gasteiger partial charge in [0.15, 0.2) is 0 Å². The summed E-state index contributed by atoms with van der Waals surface area (Å²) in [4.78, 5) is 16.1. The molecule has 98 valence electrons. The Labute approximate surface area is 104 Å². The number of hydrogen-bond donors (Lipinski definition) is 1. The van der Waals surface area contributed by atoms with Gasteiger partial charge in [0.25, 0.3) is 0 Å². The standard InChI is InChI=1S/C13H24N2O2/c1-10-3-6-14(7-4-10)13(17)15-8-5-12(9-15)11(2)16/h10-12,16H,3-9H2,1-2H3. The molecular formula is C13H24N2O2. The van der Waals surface area contributed by atoms with Crippen molar-refractivity contribution in [2.24, 2.45) is 11.8 Å². The van der Waals surface area contributed by atoms with E-state index in [4.69, 9.17) is 0 Å². The van der Waals surface area contributed by atoms with E-state index >= 15 is 0 Å². The molecule has 17 heavy (non-hydrogen) atoms. The summed E-state index contributed by atoms with van der Waals surface area (Å²) in [5.41, 5.74) is 0. The van der Waals surface area contributed by atoms with Crippen LogP contribution < -0.4 is 0 Å². The molecule has 2 heterocycles. The lowest BCUT2D eigenvalue weighted by molar-refractivity contribution is 0.119. The molecule has 2 saturated heterocycles. The summed E-state index contributed by atoms with van der Waals surface area (Å²) in [6, 6.07) is 0.181. The molecule has 2 aliphatic rings. The number of aliphatic hydroxyl groups excluding tert-OH is 1. The van der Waals surface area contributed by atoms with Gasteiger partial charge in [-0.3, -0.25) is 0 Å². The van der Waals surface area contributed by atoms with Crippen molar-refractivity contribution in [2.45, 2.75) is 39.2 Å². The van der Waals surface area contributed by atoms with Crippen LogP contribution in [0.1, 0.15) is 33.1 Å². The third-order valence-electron chi connectivity index (χ3n) is 4.23. The molecule has 1 N–H and O–H groups in total. The molecular weight excluding hydrogens is 216 g/mol. The molecule has 0 aromatic heterocycles. The molecule has 4 nitrogen and oxygen atoms in total. The fourth-order valence-corrected chi connectivity index (χ4v) is 2.75. The van der Waals surface area contributed by atoms with Crippen LogP contribution in [-0.4, -0.2) is 53.2 Å². The lowest BCUT2D eigenvalue weighted by Crippen LogP contribution is -2.45. The number of hydrogen-bond acceptors (Lipinski definition) is 2. The molecule has 2 amide bonds. The lowest BCUT2D eigenvalue weighted by Gasteiger charge is -2.33. The Kier molecular flexibility index (Phi) is 3.92. The number of amides is 2. The highest BCUT2D eigenvalue weighted by atomic mass is 16.3. The Morgan fingerprint density at radius 2 is 1.76 bits per heavy atom. The van der Waals surface area contributed by atoms with Crippen LogP contribution in [0, 0.1) is 11.8 Å². The van der Waals surface area contributed by atoms with Gasteiger partial charge in [-0.2, -0.15) is 0 Å². The average molecular weight is 240 g/mol. The van der Waals surface area contributed by atoms with E-state index in [0.29, 0.717) is 0 Å². The van der Waals surface area contributed by atoms with Crippen LogP contribution in [0.5, 0.6) is 0 Å². The quantitative estimate of drug-likeness (QED) is 0.755. The molecule has 0 bridgehead atoms. The minimum atomic E-state index is -0.297. The van der Waals surface area contributed by atoms with Gasteiger partial charge < -0.3 is 14.9 Å². The summed E-state index contributed by atoms with van der Waals surface area (Å²) < 4.78 is 0. The first-order chi connectivity index (χ1) is 8.08. The van der Waals surface area contributed by atoms with Crippen molar-refractivity contribution in [3.05, 3.63) is 0 Å². The zero-order chi connectivity index (χ0) is 12.4. The molecule has 2 atom stereocenters. The van der Waals surface area contributed by atoms with Crippen LogP contribution in [0.3, 0.4) is 0 Å². The summed E-state index contributed by atoms with van der Waals surface area (Å²) in [6.45, 7) is 7.40. The van der Waals surface area contributed by atoms with E-state index < -0.39 is 0 Å². The summed E-state index contributed by atoms with van der Waals surface area (Å²) in [7, 11) is 0. The molecule has 0 aliphatic carbocycles. The zero-order valence-electron chi connectivity index (χ0n) is 10.9. The van der Waals surface area contributed by atoms with Crippen molar-refractivity contribution in [2.75, 3.05) is 26.2 Å². The van der Waals surface area contributed by atoms with Crippen LogP contribution in [0.15, 0.2) is 0 Å². The summed E-state index contributed by atoms with van der Waals surface area (Å²) >= 11 is 0. The topological polar surface area (TPSA) is 43.8 Å². The second-order valence-electron chi connectivity index (χ2n) is 5.69. The maximum absolute atomic E-state index is 12.2. The third-order valence-corrected chi connectivity index (χ3v) is 4.23. The Bertz CT molecular complexity index is 273. The van der Waals surface area contributed by atoms with Crippen molar-refractivity contribution >= 4 is 6.03 Å². The number of urea groups is 1. The predicted molar refractivity (Wildman–Crippen MR) is 66.7 cm³/mol. The minimum Gasteiger partial charge on any atom is -0.393 e.